The molecule has 1 heterocycles. The molecule has 0 aromatic heterocycles. The molecule has 1 unspecified atom stereocenters. The third-order valence-electron chi connectivity index (χ3n) is 2.99. The summed E-state index contributed by atoms with van der Waals surface area (Å²) in [5.41, 5.74) is -0.334. The highest BCUT2D eigenvalue weighted by Gasteiger charge is 2.34. The number of hydrogen-bond acceptors (Lipinski definition) is 3. The van der Waals surface area contributed by atoms with Gasteiger partial charge in [0.05, 0.1) is 12.1 Å². The fraction of sp³-hybridized carbons (Fsp3) is 0.923. The van der Waals surface area contributed by atoms with Crippen molar-refractivity contribution < 1.29 is 14.3 Å². The van der Waals surface area contributed by atoms with Gasteiger partial charge in [0.25, 0.3) is 0 Å². The lowest BCUT2D eigenvalue weighted by molar-refractivity contribution is 0.0739. The zero-order valence-electron chi connectivity index (χ0n) is 11.1. The van der Waals surface area contributed by atoms with Crippen LogP contribution in [0.4, 0.5) is 4.79 Å². The van der Waals surface area contributed by atoms with E-state index >= 15 is 0 Å². The first-order valence-corrected chi connectivity index (χ1v) is 6.69. The van der Waals surface area contributed by atoms with Crippen LogP contribution in [0.3, 0.4) is 0 Å². The van der Waals surface area contributed by atoms with E-state index < -0.39 is 0 Å². The molecule has 1 saturated heterocycles. The molecule has 1 atom stereocenters. The number of ether oxygens (including phenoxy) is 2. The zero-order valence-corrected chi connectivity index (χ0v) is 11.1. The monoisotopic (exact) mass is 243 g/mol. The van der Waals surface area contributed by atoms with E-state index in [-0.39, 0.29) is 11.6 Å². The summed E-state index contributed by atoms with van der Waals surface area (Å²) in [6.07, 6.45) is 7.26. The van der Waals surface area contributed by atoms with Gasteiger partial charge in [0.1, 0.15) is 6.61 Å². The van der Waals surface area contributed by atoms with E-state index in [0.29, 0.717) is 13.2 Å². The number of alkyl carbamates (subject to hydrolysis) is 1. The lowest BCUT2D eigenvalue weighted by atomic mass is 10.1. The molecular formula is C13H25NO3. The van der Waals surface area contributed by atoms with Gasteiger partial charge in [-0.25, -0.2) is 4.79 Å². The van der Waals surface area contributed by atoms with Gasteiger partial charge in [-0.2, -0.15) is 0 Å². The van der Waals surface area contributed by atoms with E-state index in [1.54, 1.807) is 0 Å². The smallest absolute Gasteiger partial charge is 0.407 e. The van der Waals surface area contributed by atoms with E-state index in [1.807, 2.05) is 6.92 Å². The minimum Gasteiger partial charge on any atom is -0.447 e. The molecule has 17 heavy (non-hydrogen) atoms. The van der Waals surface area contributed by atoms with Crippen LogP contribution in [0.2, 0.25) is 0 Å². The first-order chi connectivity index (χ1) is 8.16. The van der Waals surface area contributed by atoms with E-state index in [4.69, 9.17) is 9.47 Å². The average molecular weight is 243 g/mol. The third-order valence-corrected chi connectivity index (χ3v) is 2.99. The Morgan fingerprint density at radius 1 is 1.29 bits per heavy atom. The summed E-state index contributed by atoms with van der Waals surface area (Å²) in [7, 11) is 0. The van der Waals surface area contributed by atoms with Crippen LogP contribution in [-0.4, -0.2) is 31.5 Å². The summed E-state index contributed by atoms with van der Waals surface area (Å²) < 4.78 is 10.4. The quantitative estimate of drug-likeness (QED) is 0.633. The number of rotatable bonds is 9. The van der Waals surface area contributed by atoms with Gasteiger partial charge in [0.2, 0.25) is 0 Å². The highest BCUT2D eigenvalue weighted by Crippen LogP contribution is 2.13. The molecule has 0 bridgehead atoms. The van der Waals surface area contributed by atoms with Crippen molar-refractivity contribution in [1.29, 1.82) is 0 Å². The summed E-state index contributed by atoms with van der Waals surface area (Å²) in [4.78, 5) is 10.9. The number of unbranched alkanes of at least 4 members (excludes halogenated alkanes) is 5. The van der Waals surface area contributed by atoms with Gasteiger partial charge in [-0.05, 0) is 13.3 Å². The predicted octanol–water partition coefficient (Wildman–Crippen LogP) is 2.86. The van der Waals surface area contributed by atoms with Gasteiger partial charge in [-0.15, -0.1) is 0 Å². The molecule has 1 rings (SSSR count). The average Bonchev–Trinajstić information content (AvgIpc) is 2.63. The van der Waals surface area contributed by atoms with Crippen LogP contribution in [0.1, 0.15) is 52.4 Å². The Morgan fingerprint density at radius 3 is 2.65 bits per heavy atom. The summed E-state index contributed by atoms with van der Waals surface area (Å²) in [5.74, 6) is 0. The lowest BCUT2D eigenvalue weighted by Crippen LogP contribution is -2.44. The van der Waals surface area contributed by atoms with Crippen molar-refractivity contribution in [2.75, 3.05) is 19.8 Å². The molecule has 0 aromatic rings. The van der Waals surface area contributed by atoms with E-state index in [0.717, 1.165) is 13.0 Å². The molecule has 1 N–H and O–H groups in total. The van der Waals surface area contributed by atoms with Crippen LogP contribution in [-0.2, 0) is 9.47 Å². The molecular weight excluding hydrogens is 218 g/mol. The number of amides is 1. The standard InChI is InChI=1S/C13H25NO3/c1-3-4-5-6-7-8-9-16-10-13(2)11-17-12(15)14-13/h3-11H2,1-2H3,(H,14,15). The summed E-state index contributed by atoms with van der Waals surface area (Å²) in [6, 6.07) is 0. The Kier molecular flexibility index (Phi) is 6.34. The van der Waals surface area contributed by atoms with Crippen molar-refractivity contribution >= 4 is 6.09 Å². The summed E-state index contributed by atoms with van der Waals surface area (Å²) in [6.45, 7) is 5.88. The molecule has 1 aliphatic rings. The van der Waals surface area contributed by atoms with E-state index in [9.17, 15) is 4.79 Å². The molecule has 100 valence electrons. The van der Waals surface area contributed by atoms with E-state index in [2.05, 4.69) is 12.2 Å². The van der Waals surface area contributed by atoms with Gasteiger partial charge in [-0.3, -0.25) is 0 Å². The van der Waals surface area contributed by atoms with E-state index in [1.165, 1.54) is 32.1 Å². The fourth-order valence-electron chi connectivity index (χ4n) is 1.90. The van der Waals surface area contributed by atoms with Crippen molar-refractivity contribution in [3.63, 3.8) is 0 Å². The minimum absolute atomic E-state index is 0.334. The Bertz CT molecular complexity index is 233. The lowest BCUT2D eigenvalue weighted by Gasteiger charge is -2.20. The highest BCUT2D eigenvalue weighted by molar-refractivity contribution is 5.70. The van der Waals surface area contributed by atoms with Gasteiger partial charge in [0, 0.05) is 6.61 Å². The molecule has 0 aromatic carbocycles. The van der Waals surface area contributed by atoms with Crippen LogP contribution in [0.5, 0.6) is 0 Å². The first-order valence-electron chi connectivity index (χ1n) is 6.69. The van der Waals surface area contributed by atoms with Crippen molar-refractivity contribution in [1.82, 2.24) is 5.32 Å². The number of nitrogens with one attached hydrogen (secondary N) is 1. The molecule has 0 aliphatic carbocycles. The molecule has 0 spiro atoms. The number of carbonyl (C=O) groups excluding carboxylic acids is 1. The summed E-state index contributed by atoms with van der Waals surface area (Å²) in [5, 5.41) is 2.76. The van der Waals surface area contributed by atoms with Crippen molar-refractivity contribution in [2.24, 2.45) is 0 Å². The topological polar surface area (TPSA) is 47.6 Å². The van der Waals surface area contributed by atoms with Crippen LogP contribution >= 0.6 is 0 Å². The molecule has 0 radical (unpaired) electrons. The van der Waals surface area contributed by atoms with Gasteiger partial charge < -0.3 is 14.8 Å². The van der Waals surface area contributed by atoms with Gasteiger partial charge in [-0.1, -0.05) is 39.0 Å². The molecule has 0 saturated carbocycles. The largest absolute Gasteiger partial charge is 0.447 e. The van der Waals surface area contributed by atoms with Crippen LogP contribution in [0, 0.1) is 0 Å². The summed E-state index contributed by atoms with van der Waals surface area (Å²) >= 11 is 0. The Morgan fingerprint density at radius 2 is 2.00 bits per heavy atom. The molecule has 1 fully saturated rings. The van der Waals surface area contributed by atoms with Crippen LogP contribution < -0.4 is 5.32 Å². The molecule has 1 aliphatic heterocycles. The molecule has 4 heteroatoms. The maximum absolute atomic E-state index is 10.9. The highest BCUT2D eigenvalue weighted by atomic mass is 16.6. The number of cyclic esters (lactones) is 1. The second kappa shape index (κ2) is 7.54. The second-order valence-electron chi connectivity index (χ2n) is 5.08. The van der Waals surface area contributed by atoms with Crippen LogP contribution in [0.15, 0.2) is 0 Å². The Balaban J connectivity index is 1.92. The zero-order chi connectivity index (χ0) is 12.6. The fourth-order valence-corrected chi connectivity index (χ4v) is 1.90. The van der Waals surface area contributed by atoms with Crippen molar-refractivity contribution in [2.45, 2.75) is 57.9 Å². The Labute approximate surface area is 104 Å². The number of hydrogen-bond donors (Lipinski definition) is 1. The molecule has 4 nitrogen and oxygen atoms in total. The maximum atomic E-state index is 10.9. The van der Waals surface area contributed by atoms with Crippen molar-refractivity contribution in [3.8, 4) is 0 Å². The SMILES string of the molecule is CCCCCCCCOCC1(C)COC(=O)N1. The normalized spacial score (nSPS) is 23.5. The first kappa shape index (κ1) is 14.3. The number of carbonyl (C=O) groups is 1. The maximum Gasteiger partial charge on any atom is 0.407 e. The van der Waals surface area contributed by atoms with Crippen molar-refractivity contribution in [3.05, 3.63) is 0 Å². The molecule has 1 amide bonds. The predicted molar refractivity (Wildman–Crippen MR) is 67.1 cm³/mol. The van der Waals surface area contributed by atoms with Crippen LogP contribution in [0.25, 0.3) is 0 Å². The Hall–Kier alpha value is -0.770. The van der Waals surface area contributed by atoms with Gasteiger partial charge in [0.15, 0.2) is 0 Å². The second-order valence-corrected chi connectivity index (χ2v) is 5.08. The third kappa shape index (κ3) is 5.91. The minimum atomic E-state index is -0.337. The van der Waals surface area contributed by atoms with Gasteiger partial charge >= 0.3 is 6.09 Å².